The topological polar surface area (TPSA) is 127 Å². The largest absolute Gasteiger partial charge is 0.469 e. The van der Waals surface area contributed by atoms with Gasteiger partial charge in [-0.2, -0.15) is 0 Å². The van der Waals surface area contributed by atoms with Crippen LogP contribution in [-0.4, -0.2) is 90.9 Å². The molecule has 2 aromatic carbocycles. The van der Waals surface area contributed by atoms with E-state index in [9.17, 15) is 19.2 Å². The van der Waals surface area contributed by atoms with Crippen molar-refractivity contribution in [3.05, 3.63) is 53.6 Å². The van der Waals surface area contributed by atoms with E-state index in [2.05, 4.69) is 5.32 Å². The van der Waals surface area contributed by atoms with E-state index in [1.165, 1.54) is 4.90 Å². The van der Waals surface area contributed by atoms with Crippen molar-refractivity contribution in [3.8, 4) is 17.2 Å². The number of carbonyl (C=O) groups excluding carboxylic acids is 4. The normalized spacial score (nSPS) is 19.3. The number of imide groups is 1. The lowest BCUT2D eigenvalue weighted by Gasteiger charge is -2.53. The molecule has 4 amide bonds. The van der Waals surface area contributed by atoms with Gasteiger partial charge in [-0.05, 0) is 68.1 Å². The molecule has 0 aliphatic carbocycles. The smallest absolute Gasteiger partial charge is 0.327 e. The fourth-order valence-electron chi connectivity index (χ4n) is 6.34. The lowest BCUT2D eigenvalue weighted by molar-refractivity contribution is -0.191. The van der Waals surface area contributed by atoms with Crippen molar-refractivity contribution < 1.29 is 38.1 Å². The van der Waals surface area contributed by atoms with E-state index in [-0.39, 0.29) is 37.2 Å². The molecule has 2 fully saturated rings. The molecule has 0 spiro atoms. The minimum atomic E-state index is -0.839. The summed E-state index contributed by atoms with van der Waals surface area (Å²) >= 11 is 0. The molecule has 12 nitrogen and oxygen atoms in total. The Morgan fingerprint density at radius 2 is 1.65 bits per heavy atom. The molecule has 0 radical (unpaired) electrons. The van der Waals surface area contributed by atoms with Gasteiger partial charge in [0.1, 0.15) is 11.2 Å². The minimum absolute atomic E-state index is 0.107. The number of carbonyl (C=O) groups is 4. The molecule has 0 bridgehead atoms. The average Bonchev–Trinajstić information content (AvgIpc) is 3.54. The Kier molecular flexibility index (Phi) is 10.4. The summed E-state index contributed by atoms with van der Waals surface area (Å²) in [7, 11) is 0. The van der Waals surface area contributed by atoms with Crippen molar-refractivity contribution in [1.82, 2.24) is 20.0 Å². The fourth-order valence-corrected chi connectivity index (χ4v) is 6.34. The second-order valence-electron chi connectivity index (χ2n) is 11.8. The number of hydrogen-bond donors (Lipinski definition) is 1. The highest BCUT2D eigenvalue weighted by Crippen LogP contribution is 2.46. The summed E-state index contributed by atoms with van der Waals surface area (Å²) in [4.78, 5) is 57.1. The van der Waals surface area contributed by atoms with E-state index in [0.717, 1.165) is 12.0 Å². The van der Waals surface area contributed by atoms with Crippen LogP contribution in [0.5, 0.6) is 17.2 Å². The summed E-state index contributed by atoms with van der Waals surface area (Å²) < 4.78 is 22.3. The van der Waals surface area contributed by atoms with E-state index in [1.807, 2.05) is 43.9 Å². The number of esters is 1. The van der Waals surface area contributed by atoms with Gasteiger partial charge in [0.15, 0.2) is 17.7 Å². The number of nitrogens with one attached hydrogen (secondary N) is 1. The van der Waals surface area contributed by atoms with Gasteiger partial charge in [0.25, 0.3) is 5.91 Å². The molecule has 2 aromatic rings. The molecule has 2 atom stereocenters. The predicted octanol–water partition coefficient (Wildman–Crippen LogP) is 4.34. The summed E-state index contributed by atoms with van der Waals surface area (Å²) in [5.41, 5.74) is 0.533. The maximum Gasteiger partial charge on any atom is 0.327 e. The molecule has 2 saturated heterocycles. The molecule has 3 aliphatic rings. The van der Waals surface area contributed by atoms with Gasteiger partial charge in [-0.15, -0.1) is 0 Å². The van der Waals surface area contributed by atoms with Crippen LogP contribution in [0.3, 0.4) is 0 Å². The third-order valence-corrected chi connectivity index (χ3v) is 9.17. The average molecular weight is 637 g/mol. The van der Waals surface area contributed by atoms with Gasteiger partial charge in [-0.1, -0.05) is 33.3 Å². The number of fused-ring (bicyclic) bond motifs is 1. The van der Waals surface area contributed by atoms with Crippen LogP contribution in [0.2, 0.25) is 0 Å². The third-order valence-electron chi connectivity index (χ3n) is 9.17. The van der Waals surface area contributed by atoms with Gasteiger partial charge >= 0.3 is 12.0 Å². The van der Waals surface area contributed by atoms with Gasteiger partial charge in [0, 0.05) is 31.7 Å². The molecule has 1 N–H and O–H groups in total. The SMILES string of the molecule is CCC[C@@H](NC(=O)N1C(=O)C(CC)(CC)[C@@H]1Oc1ccc(C(=O)N2CCN(CC(=O)OCC)CC2)cc1)c1ccc2c(c1)OCO2. The number of β-lactam (4-membered cyclic amide) rings is 1. The highest BCUT2D eigenvalue weighted by molar-refractivity contribution is 6.03. The van der Waals surface area contributed by atoms with Crippen LogP contribution in [0, 0.1) is 5.41 Å². The summed E-state index contributed by atoms with van der Waals surface area (Å²) in [6, 6.07) is 11.5. The van der Waals surface area contributed by atoms with Crippen LogP contribution in [0.1, 0.15) is 75.3 Å². The summed E-state index contributed by atoms with van der Waals surface area (Å²) in [5.74, 6) is 1.11. The first-order valence-corrected chi connectivity index (χ1v) is 16.2. The van der Waals surface area contributed by atoms with Gasteiger partial charge in [-0.25, -0.2) is 9.69 Å². The van der Waals surface area contributed by atoms with E-state index in [0.29, 0.717) is 74.9 Å². The van der Waals surface area contributed by atoms with Crippen LogP contribution in [0.15, 0.2) is 42.5 Å². The Morgan fingerprint density at radius 1 is 0.957 bits per heavy atom. The van der Waals surface area contributed by atoms with Crippen LogP contribution >= 0.6 is 0 Å². The van der Waals surface area contributed by atoms with Gasteiger partial charge in [-0.3, -0.25) is 19.3 Å². The highest BCUT2D eigenvalue weighted by Gasteiger charge is 2.63. The van der Waals surface area contributed by atoms with Crippen molar-refractivity contribution in [2.75, 3.05) is 46.1 Å². The van der Waals surface area contributed by atoms with Crippen LogP contribution < -0.4 is 19.5 Å². The number of nitrogens with zero attached hydrogens (tertiary/aromatic N) is 3. The van der Waals surface area contributed by atoms with Crippen LogP contribution in [0.4, 0.5) is 4.79 Å². The number of urea groups is 1. The number of piperazine rings is 1. The van der Waals surface area contributed by atoms with Crippen LogP contribution in [0.25, 0.3) is 0 Å². The molecular formula is C34H44N4O8. The van der Waals surface area contributed by atoms with E-state index < -0.39 is 17.7 Å². The van der Waals surface area contributed by atoms with Crippen molar-refractivity contribution in [2.45, 2.75) is 65.6 Å². The molecule has 3 heterocycles. The zero-order valence-corrected chi connectivity index (χ0v) is 27.1. The van der Waals surface area contributed by atoms with Crippen molar-refractivity contribution in [3.63, 3.8) is 0 Å². The van der Waals surface area contributed by atoms with Gasteiger partial charge in [0.05, 0.1) is 19.2 Å². The second-order valence-corrected chi connectivity index (χ2v) is 11.8. The lowest BCUT2D eigenvalue weighted by Crippen LogP contribution is -2.73. The van der Waals surface area contributed by atoms with E-state index >= 15 is 0 Å². The van der Waals surface area contributed by atoms with Crippen molar-refractivity contribution in [1.29, 1.82) is 0 Å². The third kappa shape index (κ3) is 6.62. The molecule has 3 aliphatic heterocycles. The number of likely N-dealkylation sites (tertiary alicyclic amines) is 1. The van der Waals surface area contributed by atoms with E-state index in [4.69, 9.17) is 18.9 Å². The molecule has 5 rings (SSSR count). The zero-order valence-electron chi connectivity index (χ0n) is 27.1. The molecular weight excluding hydrogens is 592 g/mol. The standard InChI is InChI=1S/C34H44N4O8/c1-5-9-26(24-12-15-27-28(20-24)45-22-44-27)35-33(42)38-31(41)34(6-2,7-3)32(38)46-25-13-10-23(11-14-25)30(40)37-18-16-36(17-19-37)21-29(39)43-8-4/h10-15,20,26,32H,5-9,16-19,21-22H2,1-4H3,(H,35,42)/t26-,32+/m1/s1. The Morgan fingerprint density at radius 3 is 2.30 bits per heavy atom. The zero-order chi connectivity index (χ0) is 32.8. The van der Waals surface area contributed by atoms with Gasteiger partial charge in [0.2, 0.25) is 12.7 Å². The number of benzene rings is 2. The Labute approximate surface area is 269 Å². The molecule has 248 valence electrons. The molecule has 12 heteroatoms. The molecule has 0 aromatic heterocycles. The first-order chi connectivity index (χ1) is 22.2. The Bertz CT molecular complexity index is 1420. The van der Waals surface area contributed by atoms with Crippen molar-refractivity contribution in [2.24, 2.45) is 5.41 Å². The maximum atomic E-state index is 13.7. The number of hydrogen-bond acceptors (Lipinski definition) is 9. The van der Waals surface area contributed by atoms with Crippen LogP contribution in [-0.2, 0) is 14.3 Å². The first kappa shape index (κ1) is 33.1. The Balaban J connectivity index is 1.24. The van der Waals surface area contributed by atoms with E-state index in [1.54, 1.807) is 36.1 Å². The maximum absolute atomic E-state index is 13.7. The summed E-state index contributed by atoms with van der Waals surface area (Å²) in [6.45, 7) is 10.6. The highest BCUT2D eigenvalue weighted by atomic mass is 16.7. The second kappa shape index (κ2) is 14.4. The summed E-state index contributed by atoms with van der Waals surface area (Å²) in [5, 5.41) is 3.05. The quantitative estimate of drug-likeness (QED) is 0.267. The number of rotatable bonds is 12. The number of amides is 4. The van der Waals surface area contributed by atoms with Gasteiger partial charge < -0.3 is 29.2 Å². The summed E-state index contributed by atoms with van der Waals surface area (Å²) in [6.07, 6.45) is 1.70. The molecule has 46 heavy (non-hydrogen) atoms. The Hall–Kier alpha value is -4.32. The minimum Gasteiger partial charge on any atom is -0.469 e. The monoisotopic (exact) mass is 636 g/mol. The predicted molar refractivity (Wildman–Crippen MR) is 168 cm³/mol. The fraction of sp³-hybridized carbons (Fsp3) is 0.529. The number of ether oxygens (including phenoxy) is 4. The first-order valence-electron chi connectivity index (χ1n) is 16.2. The lowest BCUT2D eigenvalue weighted by atomic mass is 9.72. The van der Waals surface area contributed by atoms with Crippen molar-refractivity contribution >= 4 is 23.8 Å². The molecule has 0 unspecified atom stereocenters. The molecule has 0 saturated carbocycles.